The zero-order chi connectivity index (χ0) is 35.8. The second-order valence-electron chi connectivity index (χ2n) is 12.9. The molecule has 2 atom stereocenters. The number of amides is 5. The summed E-state index contributed by atoms with van der Waals surface area (Å²) in [5, 5.41) is 15.6. The van der Waals surface area contributed by atoms with Gasteiger partial charge in [0.25, 0.3) is 11.8 Å². The molecule has 2 aromatic rings. The van der Waals surface area contributed by atoms with Crippen LogP contribution in [0.4, 0.5) is 4.79 Å². The van der Waals surface area contributed by atoms with E-state index in [2.05, 4.69) is 15.6 Å². The Bertz CT molecular complexity index is 1600. The highest BCUT2D eigenvalue weighted by Crippen LogP contribution is 2.28. The van der Waals surface area contributed by atoms with Crippen molar-refractivity contribution >= 4 is 46.6 Å². The Morgan fingerprint density at radius 3 is 2.36 bits per heavy atom. The lowest BCUT2D eigenvalue weighted by molar-refractivity contribution is -0.140. The minimum atomic E-state index is -1.17. The molecule has 2 saturated heterocycles. The van der Waals surface area contributed by atoms with Gasteiger partial charge in [0.05, 0.1) is 12.1 Å². The minimum absolute atomic E-state index is 0.0765. The summed E-state index contributed by atoms with van der Waals surface area (Å²) in [7, 11) is 0. The summed E-state index contributed by atoms with van der Waals surface area (Å²) in [6.45, 7) is 4.85. The number of carbonyl (C=O) groups is 6. The molecule has 50 heavy (non-hydrogen) atoms. The normalized spacial score (nSPS) is 18.3. The number of nitrogens with zero attached hydrogens (tertiary/aromatic N) is 4. The number of aryl methyl sites for hydroxylation is 1. The number of carboxylic acids is 1. The smallest absolute Gasteiger partial charge is 0.409 e. The van der Waals surface area contributed by atoms with Gasteiger partial charge in [-0.3, -0.25) is 24.0 Å². The maximum atomic E-state index is 13.7. The SMILES string of the molecule is CCOC(=O)N1CCN(C(=O)[C@H](CCC(=O)O)NC(=O)c2cc(OCC(=O)N3CCC[C@H]3C(=O)NC3CCC3)c3ccc(CC)cc3n2)CC1. The van der Waals surface area contributed by atoms with Crippen LogP contribution in [0.3, 0.4) is 0 Å². The average molecular weight is 695 g/mol. The molecule has 3 aliphatic rings. The molecule has 3 fully saturated rings. The summed E-state index contributed by atoms with van der Waals surface area (Å²) in [6, 6.07) is 5.37. The van der Waals surface area contributed by atoms with Gasteiger partial charge in [0.15, 0.2) is 6.61 Å². The molecule has 1 aromatic heterocycles. The lowest BCUT2D eigenvalue weighted by Gasteiger charge is -2.35. The summed E-state index contributed by atoms with van der Waals surface area (Å²) in [6.07, 6.45) is 3.98. The number of carbonyl (C=O) groups excluding carboxylic acids is 5. The fourth-order valence-electron chi connectivity index (χ4n) is 6.41. The highest BCUT2D eigenvalue weighted by atomic mass is 16.6. The fraction of sp³-hybridized carbons (Fsp3) is 0.571. The van der Waals surface area contributed by atoms with Crippen molar-refractivity contribution in [3.8, 4) is 5.75 Å². The third-order valence-electron chi connectivity index (χ3n) is 9.52. The lowest BCUT2D eigenvalue weighted by atomic mass is 9.93. The van der Waals surface area contributed by atoms with Crippen molar-refractivity contribution in [2.45, 2.75) is 83.3 Å². The number of aliphatic carboxylic acids is 1. The highest BCUT2D eigenvalue weighted by Gasteiger charge is 2.36. The molecule has 2 aliphatic heterocycles. The quantitative estimate of drug-likeness (QED) is 0.280. The number of likely N-dealkylation sites (tertiary alicyclic amines) is 1. The number of fused-ring (bicyclic) bond motifs is 1. The number of hydrogen-bond donors (Lipinski definition) is 3. The molecule has 15 heteroatoms. The van der Waals surface area contributed by atoms with Gasteiger partial charge in [-0.15, -0.1) is 0 Å². The topological polar surface area (TPSA) is 188 Å². The van der Waals surface area contributed by atoms with Crippen LogP contribution in [0, 0.1) is 0 Å². The molecule has 0 spiro atoms. The van der Waals surface area contributed by atoms with E-state index in [0.29, 0.717) is 36.7 Å². The number of carboxylic acid groups (broad SMARTS) is 1. The zero-order valence-corrected chi connectivity index (χ0v) is 28.7. The van der Waals surface area contributed by atoms with Crippen molar-refractivity contribution in [3.05, 3.63) is 35.5 Å². The van der Waals surface area contributed by atoms with Gasteiger partial charge in [-0.2, -0.15) is 0 Å². The van der Waals surface area contributed by atoms with Crippen LogP contribution >= 0.6 is 0 Å². The number of rotatable bonds is 13. The molecular formula is C35H46N6O9. The van der Waals surface area contributed by atoms with Crippen LogP contribution in [0.1, 0.15) is 74.8 Å². The van der Waals surface area contributed by atoms with Crippen LogP contribution in [-0.2, 0) is 30.3 Å². The van der Waals surface area contributed by atoms with Crippen LogP contribution in [0.5, 0.6) is 5.75 Å². The van der Waals surface area contributed by atoms with Crippen molar-refractivity contribution in [1.29, 1.82) is 0 Å². The molecule has 1 aliphatic carbocycles. The Morgan fingerprint density at radius 2 is 1.70 bits per heavy atom. The molecule has 3 heterocycles. The van der Waals surface area contributed by atoms with E-state index in [1.165, 1.54) is 15.9 Å². The van der Waals surface area contributed by atoms with Crippen molar-refractivity contribution in [2.24, 2.45) is 0 Å². The number of ether oxygens (including phenoxy) is 2. The highest BCUT2D eigenvalue weighted by molar-refractivity contribution is 5.99. The molecule has 0 bridgehead atoms. The van der Waals surface area contributed by atoms with E-state index in [4.69, 9.17) is 9.47 Å². The largest absolute Gasteiger partial charge is 0.483 e. The number of hydrogen-bond acceptors (Lipinski definition) is 9. The van der Waals surface area contributed by atoms with E-state index >= 15 is 0 Å². The van der Waals surface area contributed by atoms with Gasteiger partial charge in [0, 0.05) is 56.6 Å². The summed E-state index contributed by atoms with van der Waals surface area (Å²) in [4.78, 5) is 86.2. The Labute approximate surface area is 290 Å². The van der Waals surface area contributed by atoms with Crippen LogP contribution in [-0.4, -0.2) is 125 Å². The maximum absolute atomic E-state index is 13.7. The average Bonchev–Trinajstić information content (AvgIpc) is 3.60. The molecule has 0 radical (unpaired) electrons. The first-order valence-electron chi connectivity index (χ1n) is 17.5. The standard InChI is InChI=1S/C35H46N6O9/c1-3-22-10-11-24-26(19-22)37-27(20-29(24)50-21-30(42)41-14-6-9-28(41)33(46)36-23-7-5-8-23)32(45)38-25(12-13-31(43)44)34(47)39-15-17-40(18-16-39)35(48)49-4-2/h10-11,19-20,23,25,28H,3-9,12-18,21H2,1-2H3,(H,36,46)(H,38,45)(H,43,44)/t25-,28-/m0/s1. The number of piperazine rings is 1. The Kier molecular flexibility index (Phi) is 12.1. The van der Waals surface area contributed by atoms with Crippen LogP contribution in [0.2, 0.25) is 0 Å². The summed E-state index contributed by atoms with van der Waals surface area (Å²) in [5.74, 6) is -2.57. The Morgan fingerprint density at radius 1 is 0.960 bits per heavy atom. The van der Waals surface area contributed by atoms with E-state index < -0.39 is 36.0 Å². The maximum Gasteiger partial charge on any atom is 0.409 e. The first-order valence-corrected chi connectivity index (χ1v) is 17.5. The predicted molar refractivity (Wildman–Crippen MR) is 180 cm³/mol. The third kappa shape index (κ3) is 8.79. The molecule has 1 aromatic carbocycles. The summed E-state index contributed by atoms with van der Waals surface area (Å²) < 4.78 is 11.1. The molecule has 3 N–H and O–H groups in total. The second kappa shape index (κ2) is 16.6. The molecule has 0 unspecified atom stereocenters. The predicted octanol–water partition coefficient (Wildman–Crippen LogP) is 2.10. The van der Waals surface area contributed by atoms with Gasteiger partial charge in [0.2, 0.25) is 11.8 Å². The number of aromatic nitrogens is 1. The monoisotopic (exact) mass is 694 g/mol. The second-order valence-corrected chi connectivity index (χ2v) is 12.9. The first kappa shape index (κ1) is 36.3. The fourth-order valence-corrected chi connectivity index (χ4v) is 6.41. The molecule has 5 amide bonds. The molecule has 5 rings (SSSR count). The Hall–Kier alpha value is -4.95. The van der Waals surface area contributed by atoms with Gasteiger partial charge in [-0.1, -0.05) is 13.0 Å². The van der Waals surface area contributed by atoms with Crippen LogP contribution < -0.4 is 15.4 Å². The molecule has 15 nitrogen and oxygen atoms in total. The van der Waals surface area contributed by atoms with E-state index in [0.717, 1.165) is 24.8 Å². The molecular weight excluding hydrogens is 648 g/mol. The Balaban J connectivity index is 1.31. The summed E-state index contributed by atoms with van der Waals surface area (Å²) >= 11 is 0. The number of pyridine rings is 1. The van der Waals surface area contributed by atoms with Crippen molar-refractivity contribution < 1.29 is 43.3 Å². The van der Waals surface area contributed by atoms with Gasteiger partial charge in [0.1, 0.15) is 23.5 Å². The van der Waals surface area contributed by atoms with Crippen molar-refractivity contribution in [1.82, 2.24) is 30.3 Å². The number of nitrogens with one attached hydrogen (secondary N) is 2. The van der Waals surface area contributed by atoms with E-state index in [1.807, 2.05) is 25.1 Å². The summed E-state index contributed by atoms with van der Waals surface area (Å²) in [5.41, 5.74) is 1.33. The molecule has 270 valence electrons. The number of benzene rings is 1. The van der Waals surface area contributed by atoms with E-state index in [-0.39, 0.29) is 81.5 Å². The van der Waals surface area contributed by atoms with Gasteiger partial charge < -0.3 is 39.9 Å². The first-order chi connectivity index (χ1) is 24.1. The lowest BCUT2D eigenvalue weighted by Crippen LogP contribution is -2.56. The van der Waals surface area contributed by atoms with Gasteiger partial charge in [-0.25, -0.2) is 9.78 Å². The van der Waals surface area contributed by atoms with Gasteiger partial charge in [-0.05, 0) is 69.6 Å². The minimum Gasteiger partial charge on any atom is -0.483 e. The van der Waals surface area contributed by atoms with Crippen LogP contribution in [0.15, 0.2) is 24.3 Å². The van der Waals surface area contributed by atoms with Crippen LogP contribution in [0.25, 0.3) is 10.9 Å². The van der Waals surface area contributed by atoms with Gasteiger partial charge >= 0.3 is 12.1 Å². The van der Waals surface area contributed by atoms with Crippen molar-refractivity contribution in [3.63, 3.8) is 0 Å². The molecule has 1 saturated carbocycles. The van der Waals surface area contributed by atoms with E-state index in [1.54, 1.807) is 11.8 Å². The zero-order valence-electron chi connectivity index (χ0n) is 28.7. The van der Waals surface area contributed by atoms with Crippen molar-refractivity contribution in [2.75, 3.05) is 45.9 Å². The third-order valence-corrected chi connectivity index (χ3v) is 9.52. The van der Waals surface area contributed by atoms with E-state index in [9.17, 15) is 33.9 Å².